The van der Waals surface area contributed by atoms with Crippen LogP contribution in [0.4, 0.5) is 0 Å². The molecule has 2 aliphatic rings. The van der Waals surface area contributed by atoms with E-state index >= 15 is 0 Å². The van der Waals surface area contributed by atoms with Crippen molar-refractivity contribution in [1.82, 2.24) is 5.32 Å². The minimum Gasteiger partial charge on any atom is -0.394 e. The quantitative estimate of drug-likeness (QED) is 0.0204. The van der Waals surface area contributed by atoms with Gasteiger partial charge in [0.1, 0.15) is 48.8 Å². The molecule has 0 saturated carbocycles. The van der Waals surface area contributed by atoms with Crippen molar-refractivity contribution < 1.29 is 64.6 Å². The van der Waals surface area contributed by atoms with Gasteiger partial charge in [-0.15, -0.1) is 0 Å². The van der Waals surface area contributed by atoms with Crippen molar-refractivity contribution in [2.75, 3.05) is 19.8 Å². The van der Waals surface area contributed by atoms with Gasteiger partial charge in [-0.1, -0.05) is 275 Å². The summed E-state index contributed by atoms with van der Waals surface area (Å²) in [7, 11) is 0. The lowest BCUT2D eigenvalue weighted by Gasteiger charge is -2.46. The van der Waals surface area contributed by atoms with Crippen LogP contribution >= 0.6 is 0 Å². The van der Waals surface area contributed by atoms with Gasteiger partial charge in [0.25, 0.3) is 0 Å². The van der Waals surface area contributed by atoms with Crippen LogP contribution < -0.4 is 5.32 Å². The number of amides is 1. The van der Waals surface area contributed by atoms with Gasteiger partial charge in [-0.2, -0.15) is 0 Å². The van der Waals surface area contributed by atoms with E-state index in [1.54, 1.807) is 6.08 Å². The zero-order valence-corrected chi connectivity index (χ0v) is 51.5. The van der Waals surface area contributed by atoms with E-state index in [0.29, 0.717) is 12.8 Å². The summed E-state index contributed by atoms with van der Waals surface area (Å²) in [5.74, 6) is -0.248. The highest BCUT2D eigenvalue weighted by molar-refractivity contribution is 5.76. The highest BCUT2D eigenvalue weighted by Gasteiger charge is 2.51. The number of hydrogen-bond acceptors (Lipinski definition) is 13. The van der Waals surface area contributed by atoms with Gasteiger partial charge >= 0.3 is 0 Å². The normalized spacial score (nSPS) is 24.3. The van der Waals surface area contributed by atoms with Crippen molar-refractivity contribution in [2.45, 2.75) is 364 Å². The zero-order chi connectivity index (χ0) is 58.8. The summed E-state index contributed by atoms with van der Waals surface area (Å²) >= 11 is 0. The molecule has 12 atom stereocenters. The summed E-state index contributed by atoms with van der Waals surface area (Å²) in [4.78, 5) is 13.3. The molecule has 2 aliphatic heterocycles. The molecule has 2 rings (SSSR count). The molecule has 2 heterocycles. The lowest BCUT2D eigenvalue weighted by molar-refractivity contribution is -0.359. The molecular weight excluding hydrogens is 1030 g/mol. The molecule has 14 nitrogen and oxygen atoms in total. The second-order valence-corrected chi connectivity index (χ2v) is 23.9. The smallest absolute Gasteiger partial charge is 0.220 e. The minimum absolute atomic E-state index is 0.248. The number of aliphatic hydroxyl groups is 8. The Labute approximate surface area is 493 Å². The molecule has 0 aromatic carbocycles. The van der Waals surface area contributed by atoms with Crippen LogP contribution in [0.2, 0.25) is 0 Å². The number of carbonyl (C=O) groups excluding carboxylic acids is 1. The fraction of sp³-hybridized carbons (Fsp3) is 0.896. The van der Waals surface area contributed by atoms with Crippen LogP contribution in [0.15, 0.2) is 36.5 Å². The van der Waals surface area contributed by atoms with E-state index in [-0.39, 0.29) is 18.9 Å². The number of carbonyl (C=O) groups is 1. The van der Waals surface area contributed by atoms with Gasteiger partial charge < -0.3 is 65.1 Å². The third-order valence-electron chi connectivity index (χ3n) is 16.6. The summed E-state index contributed by atoms with van der Waals surface area (Å²) in [5, 5.41) is 87.3. The molecule has 2 saturated heterocycles. The van der Waals surface area contributed by atoms with Crippen molar-refractivity contribution in [3.63, 3.8) is 0 Å². The highest BCUT2D eigenvalue weighted by Crippen LogP contribution is 2.30. The fourth-order valence-corrected chi connectivity index (χ4v) is 11.2. The van der Waals surface area contributed by atoms with E-state index in [4.69, 9.17) is 18.9 Å². The standard InChI is InChI=1S/C67H125NO13/c1-3-5-7-9-11-13-15-17-19-21-23-25-27-28-29-31-33-35-37-39-41-43-45-47-49-51-59(72)68-55(54-78-66-64(77)62(75)65(58(53-70)80-66)81-67-63(76)61(74)60(73)57(52-69)79-67)56(71)50-48-46-44-42-40-38-36-34-32-30-26-24-22-20-18-16-14-12-10-8-6-4-2/h32,34,40,42,48,50,55-58,60-67,69-71,73-77H,3-31,33,35-39,41,43-47,49,51-54H2,1-2H3,(H,68,72)/b34-32+,42-40+,50-48+. The molecule has 14 heteroatoms. The number of ether oxygens (including phenoxy) is 4. The van der Waals surface area contributed by atoms with Crippen LogP contribution in [0.1, 0.15) is 290 Å². The van der Waals surface area contributed by atoms with Crippen molar-refractivity contribution in [1.29, 1.82) is 0 Å². The Bertz CT molecular complexity index is 1500. The van der Waals surface area contributed by atoms with Crippen molar-refractivity contribution >= 4 is 5.91 Å². The summed E-state index contributed by atoms with van der Waals surface area (Å²) in [6.45, 7) is 2.82. The Morgan fingerprint density at radius 2 is 0.790 bits per heavy atom. The molecule has 0 aliphatic carbocycles. The second kappa shape index (κ2) is 52.5. The Morgan fingerprint density at radius 3 is 1.21 bits per heavy atom. The molecule has 0 spiro atoms. The fourth-order valence-electron chi connectivity index (χ4n) is 11.2. The van der Waals surface area contributed by atoms with Gasteiger partial charge in [-0.3, -0.25) is 4.79 Å². The minimum atomic E-state index is -1.79. The lowest BCUT2D eigenvalue weighted by Crippen LogP contribution is -2.65. The van der Waals surface area contributed by atoms with Crippen LogP contribution in [0.3, 0.4) is 0 Å². The number of unbranched alkanes of at least 4 members (excludes halogenated alkanes) is 38. The van der Waals surface area contributed by atoms with E-state index in [0.717, 1.165) is 44.9 Å². The van der Waals surface area contributed by atoms with Crippen LogP contribution in [-0.4, -0.2) is 140 Å². The second-order valence-electron chi connectivity index (χ2n) is 23.9. The van der Waals surface area contributed by atoms with E-state index in [1.807, 2.05) is 6.08 Å². The molecule has 0 aromatic heterocycles. The van der Waals surface area contributed by atoms with E-state index in [1.165, 1.54) is 212 Å². The van der Waals surface area contributed by atoms with Gasteiger partial charge in [-0.25, -0.2) is 0 Å². The van der Waals surface area contributed by atoms with Crippen LogP contribution in [0.25, 0.3) is 0 Å². The Kier molecular flexibility index (Phi) is 48.8. The summed E-state index contributed by atoms with van der Waals surface area (Å²) in [6.07, 6.45) is 49.1. The van der Waals surface area contributed by atoms with Gasteiger partial charge in [0.05, 0.1) is 32.0 Å². The van der Waals surface area contributed by atoms with Crippen LogP contribution in [0.5, 0.6) is 0 Å². The number of hydrogen-bond donors (Lipinski definition) is 9. The zero-order valence-electron chi connectivity index (χ0n) is 51.5. The van der Waals surface area contributed by atoms with Gasteiger partial charge in [0, 0.05) is 6.42 Å². The Balaban J connectivity index is 1.72. The third kappa shape index (κ3) is 37.4. The first kappa shape index (κ1) is 75.3. The molecule has 0 bridgehead atoms. The predicted octanol–water partition coefficient (Wildman–Crippen LogP) is 13.0. The van der Waals surface area contributed by atoms with E-state index in [2.05, 4.69) is 43.5 Å². The largest absolute Gasteiger partial charge is 0.394 e. The molecule has 0 radical (unpaired) electrons. The third-order valence-corrected chi connectivity index (χ3v) is 16.6. The first-order valence-electron chi connectivity index (χ1n) is 33.7. The number of aliphatic hydroxyl groups excluding tert-OH is 8. The van der Waals surface area contributed by atoms with Gasteiger partial charge in [0.15, 0.2) is 12.6 Å². The maximum atomic E-state index is 13.3. The molecule has 81 heavy (non-hydrogen) atoms. The van der Waals surface area contributed by atoms with Crippen LogP contribution in [-0.2, 0) is 23.7 Å². The monoisotopic (exact) mass is 1150 g/mol. The van der Waals surface area contributed by atoms with E-state index in [9.17, 15) is 45.6 Å². The topological polar surface area (TPSA) is 228 Å². The van der Waals surface area contributed by atoms with Crippen LogP contribution in [0, 0.1) is 0 Å². The molecule has 9 N–H and O–H groups in total. The number of nitrogens with one attached hydrogen (secondary N) is 1. The maximum Gasteiger partial charge on any atom is 0.220 e. The highest BCUT2D eigenvalue weighted by atomic mass is 16.7. The molecule has 12 unspecified atom stereocenters. The maximum absolute atomic E-state index is 13.3. The molecule has 2 fully saturated rings. The predicted molar refractivity (Wildman–Crippen MR) is 328 cm³/mol. The van der Waals surface area contributed by atoms with Gasteiger partial charge in [0.2, 0.25) is 5.91 Å². The van der Waals surface area contributed by atoms with Gasteiger partial charge in [-0.05, 0) is 44.9 Å². The van der Waals surface area contributed by atoms with E-state index < -0.39 is 86.8 Å². The number of allylic oxidation sites excluding steroid dienone is 5. The molecular formula is C67H125NO13. The average Bonchev–Trinajstić information content (AvgIpc) is 3.63. The summed E-state index contributed by atoms with van der Waals surface area (Å²) in [5.41, 5.74) is 0. The first-order chi connectivity index (χ1) is 39.6. The van der Waals surface area contributed by atoms with Crippen molar-refractivity contribution in [3.05, 3.63) is 36.5 Å². The molecule has 0 aromatic rings. The average molecular weight is 1150 g/mol. The summed E-state index contributed by atoms with van der Waals surface area (Å²) in [6, 6.07) is -0.936. The first-order valence-corrected chi connectivity index (χ1v) is 33.7. The van der Waals surface area contributed by atoms with Crippen molar-refractivity contribution in [2.24, 2.45) is 0 Å². The van der Waals surface area contributed by atoms with Crippen molar-refractivity contribution in [3.8, 4) is 0 Å². The Hall–Kier alpha value is -1.79. The SMILES string of the molecule is CCCCCCCCCCCCCC/C=C/CC/C=C/CC/C=C/C(O)C(COC1OC(CO)C(OC2OC(CO)C(O)C(O)C2O)C(O)C1O)NC(=O)CCCCCCCCCCCCCCCCCCCCCCCCCCC. The number of rotatable bonds is 55. The molecule has 1 amide bonds. The Morgan fingerprint density at radius 1 is 0.432 bits per heavy atom. The molecule has 476 valence electrons. The lowest BCUT2D eigenvalue weighted by atomic mass is 9.97. The summed E-state index contributed by atoms with van der Waals surface area (Å²) < 4.78 is 22.8.